The van der Waals surface area contributed by atoms with Crippen LogP contribution >= 0.6 is 0 Å². The first-order valence-corrected chi connectivity index (χ1v) is 7.02. The Morgan fingerprint density at radius 1 is 1.09 bits per heavy atom. The lowest BCUT2D eigenvalue weighted by Crippen LogP contribution is -2.20. The van der Waals surface area contributed by atoms with Crippen LogP contribution in [0.1, 0.15) is 28.4 Å². The fourth-order valence-corrected chi connectivity index (χ4v) is 2.60. The molecule has 0 amide bonds. The van der Waals surface area contributed by atoms with Gasteiger partial charge < -0.3 is 24.4 Å². The van der Waals surface area contributed by atoms with Crippen molar-refractivity contribution in [1.29, 1.82) is 0 Å². The third kappa shape index (κ3) is 2.52. The van der Waals surface area contributed by atoms with Gasteiger partial charge in [-0.3, -0.25) is 4.79 Å². The van der Waals surface area contributed by atoms with Gasteiger partial charge in [-0.2, -0.15) is 0 Å². The van der Waals surface area contributed by atoms with Crippen LogP contribution in [-0.2, 0) is 0 Å². The highest BCUT2D eigenvalue weighted by Gasteiger charge is 2.33. The molecule has 3 rings (SSSR count). The number of rotatable bonds is 3. The van der Waals surface area contributed by atoms with Crippen molar-refractivity contribution in [3.05, 3.63) is 41.5 Å². The molecule has 0 spiro atoms. The molecule has 0 radical (unpaired) electrons. The Morgan fingerprint density at radius 3 is 2.39 bits per heavy atom. The second kappa shape index (κ2) is 5.72. The van der Waals surface area contributed by atoms with Crippen molar-refractivity contribution in [2.45, 2.75) is 12.5 Å². The molecular weight excluding hydrogens is 300 g/mol. The van der Waals surface area contributed by atoms with Gasteiger partial charge in [-0.25, -0.2) is 0 Å². The van der Waals surface area contributed by atoms with E-state index >= 15 is 0 Å². The lowest BCUT2D eigenvalue weighted by Gasteiger charge is -2.26. The first-order chi connectivity index (χ1) is 11.0. The number of hydrogen-bond acceptors (Lipinski definition) is 6. The van der Waals surface area contributed by atoms with E-state index in [-0.39, 0.29) is 29.3 Å². The topological polar surface area (TPSA) is 85.2 Å². The molecule has 0 bridgehead atoms. The van der Waals surface area contributed by atoms with Crippen LogP contribution in [-0.4, -0.2) is 30.2 Å². The minimum absolute atomic E-state index is 0.0203. The van der Waals surface area contributed by atoms with Gasteiger partial charge in [0.05, 0.1) is 20.6 Å². The van der Waals surface area contributed by atoms with Gasteiger partial charge in [0, 0.05) is 6.07 Å². The van der Waals surface area contributed by atoms with Crippen molar-refractivity contribution < 1.29 is 29.2 Å². The Kier molecular flexibility index (Phi) is 3.73. The molecule has 2 N–H and O–H groups in total. The fourth-order valence-electron chi connectivity index (χ4n) is 2.60. The van der Waals surface area contributed by atoms with Crippen LogP contribution in [0.2, 0.25) is 0 Å². The molecule has 1 atom stereocenters. The monoisotopic (exact) mass is 316 g/mol. The van der Waals surface area contributed by atoms with Crippen LogP contribution in [0, 0.1) is 0 Å². The van der Waals surface area contributed by atoms with E-state index in [2.05, 4.69) is 0 Å². The van der Waals surface area contributed by atoms with Gasteiger partial charge in [0.15, 0.2) is 17.3 Å². The molecule has 0 aliphatic carbocycles. The Morgan fingerprint density at radius 2 is 1.78 bits per heavy atom. The first-order valence-electron chi connectivity index (χ1n) is 7.02. The maximum atomic E-state index is 12.3. The number of aromatic hydroxyl groups is 2. The number of phenols is 2. The second-order valence-corrected chi connectivity index (χ2v) is 5.16. The Balaban J connectivity index is 1.99. The zero-order chi connectivity index (χ0) is 16.6. The summed E-state index contributed by atoms with van der Waals surface area (Å²) in [7, 11) is 2.93. The molecule has 0 aromatic heterocycles. The molecule has 6 heteroatoms. The number of carbonyl (C=O) groups excluding carboxylic acids is 1. The lowest BCUT2D eigenvalue weighted by atomic mass is 9.95. The number of methoxy groups -OCH3 is 2. The molecule has 2 aromatic carbocycles. The number of Topliss-reactive ketones (excluding diaryl/α,β-unsaturated/α-hetero) is 1. The molecule has 0 unspecified atom stereocenters. The largest absolute Gasteiger partial charge is 0.504 e. The van der Waals surface area contributed by atoms with E-state index in [0.717, 1.165) is 5.56 Å². The highest BCUT2D eigenvalue weighted by Crippen LogP contribution is 2.48. The van der Waals surface area contributed by atoms with E-state index in [1.807, 2.05) is 12.1 Å². The van der Waals surface area contributed by atoms with Crippen molar-refractivity contribution in [1.82, 2.24) is 0 Å². The third-order valence-corrected chi connectivity index (χ3v) is 3.83. The van der Waals surface area contributed by atoms with Gasteiger partial charge in [-0.05, 0) is 17.7 Å². The minimum atomic E-state index is -0.516. The normalized spacial score (nSPS) is 16.4. The van der Waals surface area contributed by atoms with E-state index in [0.29, 0.717) is 5.75 Å². The van der Waals surface area contributed by atoms with Crippen LogP contribution in [0.4, 0.5) is 0 Å². The van der Waals surface area contributed by atoms with Crippen molar-refractivity contribution in [2.24, 2.45) is 0 Å². The number of hydrogen-bond donors (Lipinski definition) is 2. The van der Waals surface area contributed by atoms with E-state index in [1.165, 1.54) is 13.2 Å². The van der Waals surface area contributed by atoms with Crippen molar-refractivity contribution in [3.63, 3.8) is 0 Å². The summed E-state index contributed by atoms with van der Waals surface area (Å²) in [6.07, 6.45) is -0.409. The van der Waals surface area contributed by atoms with Crippen LogP contribution in [0.25, 0.3) is 0 Å². The summed E-state index contributed by atoms with van der Waals surface area (Å²) in [5, 5.41) is 19.8. The highest BCUT2D eigenvalue weighted by molar-refractivity contribution is 6.03. The molecular formula is C17H16O6. The van der Waals surface area contributed by atoms with E-state index in [1.54, 1.807) is 19.2 Å². The molecule has 120 valence electrons. The fraction of sp³-hybridized carbons (Fsp3) is 0.235. The summed E-state index contributed by atoms with van der Waals surface area (Å²) < 4.78 is 15.9. The Labute approximate surface area is 132 Å². The summed E-state index contributed by atoms with van der Waals surface area (Å²) in [5.41, 5.74) is 0.796. The summed E-state index contributed by atoms with van der Waals surface area (Å²) >= 11 is 0. The zero-order valence-corrected chi connectivity index (χ0v) is 12.7. The molecule has 0 fully saturated rings. The summed E-state index contributed by atoms with van der Waals surface area (Å²) in [4.78, 5) is 12.3. The maximum absolute atomic E-state index is 12.3. The lowest BCUT2D eigenvalue weighted by molar-refractivity contribution is 0.0843. The first kappa shape index (κ1) is 15.0. The van der Waals surface area contributed by atoms with Crippen molar-refractivity contribution >= 4 is 5.78 Å². The maximum Gasteiger partial charge on any atom is 0.201 e. The summed E-state index contributed by atoms with van der Waals surface area (Å²) in [6.45, 7) is 0. The van der Waals surface area contributed by atoms with Crippen LogP contribution in [0.5, 0.6) is 28.7 Å². The smallest absolute Gasteiger partial charge is 0.201 e. The number of carbonyl (C=O) groups is 1. The molecule has 1 aliphatic rings. The molecule has 0 saturated heterocycles. The van der Waals surface area contributed by atoms with Gasteiger partial charge in [-0.15, -0.1) is 0 Å². The summed E-state index contributed by atoms with van der Waals surface area (Å²) in [6, 6.07) is 8.61. The standard InChI is InChI=1S/C17H16O6/c1-21-10-5-3-9(4-6-10)12-7-11(18)15-13(23-12)8-14(22-2)16(19)17(15)20/h3-6,8,12,19-20H,7H2,1-2H3/t12-/m0/s1. The van der Waals surface area contributed by atoms with Gasteiger partial charge >= 0.3 is 0 Å². The molecule has 1 heterocycles. The number of ether oxygens (including phenoxy) is 3. The minimum Gasteiger partial charge on any atom is -0.504 e. The van der Waals surface area contributed by atoms with E-state index in [9.17, 15) is 15.0 Å². The molecule has 1 aliphatic heterocycles. The van der Waals surface area contributed by atoms with Crippen LogP contribution < -0.4 is 14.2 Å². The Bertz CT molecular complexity index is 751. The summed E-state index contributed by atoms with van der Waals surface area (Å²) in [5.74, 6) is -0.342. The molecule has 0 saturated carbocycles. The number of fused-ring (bicyclic) bond motifs is 1. The average Bonchev–Trinajstić information content (AvgIpc) is 2.57. The van der Waals surface area contributed by atoms with Crippen molar-refractivity contribution in [3.8, 4) is 28.7 Å². The molecule has 23 heavy (non-hydrogen) atoms. The average molecular weight is 316 g/mol. The van der Waals surface area contributed by atoms with Gasteiger partial charge in [0.2, 0.25) is 5.75 Å². The quantitative estimate of drug-likeness (QED) is 0.847. The third-order valence-electron chi connectivity index (χ3n) is 3.83. The number of benzene rings is 2. The number of phenolic OH excluding ortho intramolecular Hbond substituents is 2. The van der Waals surface area contributed by atoms with E-state index < -0.39 is 17.6 Å². The SMILES string of the molecule is COc1ccc([C@@H]2CC(=O)c3c(cc(OC)c(O)c3O)O2)cc1. The predicted molar refractivity (Wildman–Crippen MR) is 81.6 cm³/mol. The predicted octanol–water partition coefficient (Wildman–Crippen LogP) is 2.82. The molecule has 6 nitrogen and oxygen atoms in total. The van der Waals surface area contributed by atoms with Crippen LogP contribution in [0.15, 0.2) is 30.3 Å². The van der Waals surface area contributed by atoms with Crippen molar-refractivity contribution in [2.75, 3.05) is 14.2 Å². The van der Waals surface area contributed by atoms with Gasteiger partial charge in [0.25, 0.3) is 0 Å². The second-order valence-electron chi connectivity index (χ2n) is 5.16. The highest BCUT2D eigenvalue weighted by atomic mass is 16.5. The molecule has 2 aromatic rings. The number of ketones is 1. The van der Waals surface area contributed by atoms with Crippen LogP contribution in [0.3, 0.4) is 0 Å². The zero-order valence-electron chi connectivity index (χ0n) is 12.7. The van der Waals surface area contributed by atoms with Gasteiger partial charge in [-0.1, -0.05) is 12.1 Å². The van der Waals surface area contributed by atoms with Gasteiger partial charge in [0.1, 0.15) is 23.2 Å². The van der Waals surface area contributed by atoms with E-state index in [4.69, 9.17) is 14.2 Å². The Hall–Kier alpha value is -2.89.